The van der Waals surface area contributed by atoms with Gasteiger partial charge in [0.05, 0.1) is 20.0 Å². The summed E-state index contributed by atoms with van der Waals surface area (Å²) in [5.41, 5.74) is 1.35. The number of nitrogens with one attached hydrogen (secondary N) is 1. The number of unbranched alkanes of at least 4 members (excludes halogenated alkanes) is 1. The number of aromatic nitrogens is 4. The second-order valence-electron chi connectivity index (χ2n) is 5.78. The number of imidazole rings is 1. The second-order valence-corrected chi connectivity index (χ2v) is 5.78. The molecule has 2 aromatic rings. The molecule has 1 saturated heterocycles. The van der Waals surface area contributed by atoms with Gasteiger partial charge in [0.2, 0.25) is 12.2 Å². The predicted molar refractivity (Wildman–Crippen MR) is 91.6 cm³/mol. The summed E-state index contributed by atoms with van der Waals surface area (Å²) in [5, 5.41) is 27.7. The van der Waals surface area contributed by atoms with Crippen molar-refractivity contribution in [3.8, 4) is 5.88 Å². The van der Waals surface area contributed by atoms with Crippen molar-refractivity contribution in [2.45, 2.75) is 50.8 Å². The Morgan fingerprint density at radius 3 is 2.70 bits per heavy atom. The maximum Gasteiger partial charge on any atom is 0.308 e. The molecule has 11 nitrogen and oxygen atoms in total. The number of hydrogen-bond acceptors (Lipinski definition) is 10. The molecule has 4 N–H and O–H groups in total. The first-order valence-electron chi connectivity index (χ1n) is 8.51. The summed E-state index contributed by atoms with van der Waals surface area (Å²) in [4.78, 5) is 25.9. The van der Waals surface area contributed by atoms with E-state index in [9.17, 15) is 15.0 Å². The van der Waals surface area contributed by atoms with Gasteiger partial charge in [-0.1, -0.05) is 13.3 Å². The van der Waals surface area contributed by atoms with Crippen molar-refractivity contribution < 1.29 is 34.3 Å². The van der Waals surface area contributed by atoms with Crippen LogP contribution in [0, 0.1) is 0 Å². The molecule has 150 valence electrons. The Labute approximate surface area is 155 Å². The van der Waals surface area contributed by atoms with Gasteiger partial charge in [-0.2, -0.15) is 4.98 Å². The van der Waals surface area contributed by atoms with Crippen LogP contribution in [-0.2, 0) is 14.3 Å². The van der Waals surface area contributed by atoms with E-state index in [2.05, 4.69) is 19.9 Å². The van der Waals surface area contributed by atoms with Crippen molar-refractivity contribution in [2.24, 2.45) is 0 Å². The summed E-state index contributed by atoms with van der Waals surface area (Å²) in [7, 11) is 1.56. The monoisotopic (exact) mass is 384 g/mol. The van der Waals surface area contributed by atoms with Crippen LogP contribution in [0.2, 0.25) is 0 Å². The van der Waals surface area contributed by atoms with E-state index in [0.29, 0.717) is 17.9 Å². The zero-order valence-corrected chi connectivity index (χ0v) is 15.1. The van der Waals surface area contributed by atoms with Crippen molar-refractivity contribution in [3.05, 3.63) is 12.7 Å². The third-order valence-electron chi connectivity index (χ3n) is 3.86. The third-order valence-corrected chi connectivity index (χ3v) is 3.86. The quantitative estimate of drug-likeness (QED) is 0.479. The van der Waals surface area contributed by atoms with Gasteiger partial charge in [-0.3, -0.25) is 4.79 Å². The molecule has 0 aliphatic carbocycles. The number of hydrogen-bond donors (Lipinski definition) is 4. The fourth-order valence-corrected chi connectivity index (χ4v) is 2.37. The van der Waals surface area contributed by atoms with Crippen LogP contribution >= 0.6 is 0 Å². The van der Waals surface area contributed by atoms with E-state index in [1.165, 1.54) is 6.33 Å². The molecule has 11 heteroatoms. The molecular weight excluding hydrogens is 360 g/mol. The summed E-state index contributed by atoms with van der Waals surface area (Å²) in [6.07, 6.45) is 0.179. The standard InChI is InChI=1S/C10H18O6.C6H6N4O/c1-2-3-4-7(12)16-10-9(14)8(13)6(5-11)15-10;1-11-6-4-5(8-2-7-4)9-3-10-6/h6,8-11,13-14H,2-5H2,1H3;2-3H,1H3,(H,7,8,9,10)/t6-,8-,9+,10?;/m1./s1. The molecule has 4 atom stereocenters. The molecule has 0 aromatic carbocycles. The normalized spacial score (nSPS) is 24.3. The highest BCUT2D eigenvalue weighted by atomic mass is 16.7. The number of rotatable bonds is 6. The molecule has 0 radical (unpaired) electrons. The van der Waals surface area contributed by atoms with Crippen LogP contribution in [0.15, 0.2) is 12.7 Å². The van der Waals surface area contributed by atoms with Crippen LogP contribution in [0.25, 0.3) is 11.2 Å². The Hall–Kier alpha value is -2.34. The zero-order valence-electron chi connectivity index (χ0n) is 15.1. The van der Waals surface area contributed by atoms with Crippen molar-refractivity contribution in [3.63, 3.8) is 0 Å². The molecule has 1 aliphatic heterocycles. The lowest BCUT2D eigenvalue weighted by Crippen LogP contribution is -2.35. The van der Waals surface area contributed by atoms with Crippen LogP contribution in [-0.4, -0.2) is 79.5 Å². The van der Waals surface area contributed by atoms with Gasteiger partial charge in [-0.15, -0.1) is 0 Å². The highest BCUT2D eigenvalue weighted by Gasteiger charge is 2.44. The number of nitrogens with zero attached hydrogens (tertiary/aromatic N) is 3. The number of H-pyrrole nitrogens is 1. The lowest BCUT2D eigenvalue weighted by molar-refractivity contribution is -0.189. The fraction of sp³-hybridized carbons (Fsp3) is 0.625. The Morgan fingerprint density at radius 1 is 1.30 bits per heavy atom. The first-order valence-corrected chi connectivity index (χ1v) is 8.51. The highest BCUT2D eigenvalue weighted by molar-refractivity contribution is 5.74. The predicted octanol–water partition coefficient (Wildman–Crippen LogP) is -0.480. The van der Waals surface area contributed by atoms with Crippen molar-refractivity contribution in [1.82, 2.24) is 19.9 Å². The molecule has 2 aromatic heterocycles. The van der Waals surface area contributed by atoms with E-state index >= 15 is 0 Å². The SMILES string of the molecule is CCCCC(=O)OC1O[C@H](CO)[C@@H](O)[C@@H]1O.COc1ncnc2nc[nH]c12. The number of aliphatic hydroxyl groups is 3. The zero-order chi connectivity index (χ0) is 19.8. The minimum atomic E-state index is -1.30. The van der Waals surface area contributed by atoms with Gasteiger partial charge in [0.1, 0.15) is 30.2 Å². The van der Waals surface area contributed by atoms with Crippen LogP contribution in [0.3, 0.4) is 0 Å². The molecule has 1 unspecified atom stereocenters. The topological polar surface area (TPSA) is 160 Å². The maximum atomic E-state index is 11.2. The van der Waals surface area contributed by atoms with E-state index in [1.54, 1.807) is 13.4 Å². The molecule has 1 fully saturated rings. The molecule has 1 aliphatic rings. The fourth-order valence-electron chi connectivity index (χ4n) is 2.37. The Bertz CT molecular complexity index is 726. The number of aliphatic hydroxyl groups excluding tert-OH is 3. The Balaban J connectivity index is 0.000000206. The van der Waals surface area contributed by atoms with Crippen molar-refractivity contribution in [1.29, 1.82) is 0 Å². The van der Waals surface area contributed by atoms with Gasteiger partial charge in [0.25, 0.3) is 0 Å². The molecule has 0 amide bonds. The summed E-state index contributed by atoms with van der Waals surface area (Å²) in [5.74, 6) is 0.0455. The Morgan fingerprint density at radius 2 is 2.07 bits per heavy atom. The lowest BCUT2D eigenvalue weighted by atomic mass is 10.1. The number of carbonyl (C=O) groups is 1. The number of methoxy groups -OCH3 is 1. The van der Waals surface area contributed by atoms with Crippen LogP contribution in [0.4, 0.5) is 0 Å². The molecule has 3 heterocycles. The summed E-state index contributed by atoms with van der Waals surface area (Å²) < 4.78 is 14.8. The molecule has 27 heavy (non-hydrogen) atoms. The number of ether oxygens (including phenoxy) is 3. The number of aromatic amines is 1. The van der Waals surface area contributed by atoms with Gasteiger partial charge in [0.15, 0.2) is 5.65 Å². The van der Waals surface area contributed by atoms with Crippen LogP contribution in [0.1, 0.15) is 26.2 Å². The first kappa shape index (κ1) is 21.0. The molecule has 0 spiro atoms. The second kappa shape index (κ2) is 10.1. The van der Waals surface area contributed by atoms with Gasteiger partial charge >= 0.3 is 5.97 Å². The minimum Gasteiger partial charge on any atom is -0.479 e. The maximum absolute atomic E-state index is 11.2. The van der Waals surface area contributed by atoms with Gasteiger partial charge < -0.3 is 34.5 Å². The van der Waals surface area contributed by atoms with E-state index < -0.39 is 37.2 Å². The molecular formula is C16H24N4O7. The van der Waals surface area contributed by atoms with Gasteiger partial charge in [-0.05, 0) is 6.42 Å². The smallest absolute Gasteiger partial charge is 0.308 e. The van der Waals surface area contributed by atoms with Gasteiger partial charge in [-0.25, -0.2) is 9.97 Å². The summed E-state index contributed by atoms with van der Waals surface area (Å²) in [6, 6.07) is 0. The third kappa shape index (κ3) is 5.32. The highest BCUT2D eigenvalue weighted by Crippen LogP contribution is 2.22. The van der Waals surface area contributed by atoms with Crippen LogP contribution in [0.5, 0.6) is 5.88 Å². The minimum absolute atomic E-state index is 0.253. The average Bonchev–Trinajstić information content (AvgIpc) is 3.26. The van der Waals surface area contributed by atoms with Crippen molar-refractivity contribution >= 4 is 17.1 Å². The summed E-state index contributed by atoms with van der Waals surface area (Å²) in [6.45, 7) is 1.51. The Kier molecular flexibility index (Phi) is 7.85. The number of esters is 1. The largest absolute Gasteiger partial charge is 0.479 e. The lowest BCUT2D eigenvalue weighted by Gasteiger charge is -2.15. The molecule has 0 saturated carbocycles. The number of fused-ring (bicyclic) bond motifs is 1. The molecule has 0 bridgehead atoms. The van der Waals surface area contributed by atoms with Gasteiger partial charge in [0, 0.05) is 6.42 Å². The average molecular weight is 384 g/mol. The number of carbonyl (C=O) groups excluding carboxylic acids is 1. The summed E-state index contributed by atoms with van der Waals surface area (Å²) >= 11 is 0. The van der Waals surface area contributed by atoms with E-state index in [1.807, 2.05) is 6.92 Å². The van der Waals surface area contributed by atoms with Crippen LogP contribution < -0.4 is 4.74 Å². The first-order chi connectivity index (χ1) is 13.0. The van der Waals surface area contributed by atoms with E-state index in [4.69, 9.17) is 19.3 Å². The van der Waals surface area contributed by atoms with Crippen molar-refractivity contribution in [2.75, 3.05) is 13.7 Å². The van der Waals surface area contributed by atoms with E-state index in [-0.39, 0.29) is 6.42 Å². The van der Waals surface area contributed by atoms with E-state index in [0.717, 1.165) is 11.9 Å². The molecule has 3 rings (SSSR count).